The number of anilines is 1. The second kappa shape index (κ2) is 5.18. The van der Waals surface area contributed by atoms with Crippen molar-refractivity contribution in [2.75, 3.05) is 5.73 Å². The smallest absolute Gasteiger partial charge is 0.254 e. The molecule has 0 saturated heterocycles. The van der Waals surface area contributed by atoms with Gasteiger partial charge >= 0.3 is 0 Å². The summed E-state index contributed by atoms with van der Waals surface area (Å²) in [6.07, 6.45) is 0. The molecule has 1 amide bonds. The Bertz CT molecular complexity index is 582. The number of benzene rings is 1. The lowest BCUT2D eigenvalue weighted by molar-refractivity contribution is 0.0935. The molecule has 4 nitrogen and oxygen atoms in total. The Labute approximate surface area is 112 Å². The van der Waals surface area contributed by atoms with Crippen molar-refractivity contribution in [3.8, 4) is 0 Å². The molecule has 2 rings (SSSR count). The monoisotopic (exact) mass is 258 g/mol. The first-order valence-corrected chi connectivity index (χ1v) is 6.21. The predicted molar refractivity (Wildman–Crippen MR) is 74.9 cm³/mol. The fraction of sp³-hybridized carbons (Fsp3) is 0.267. The summed E-state index contributed by atoms with van der Waals surface area (Å²) in [7, 11) is 0. The Kier molecular flexibility index (Phi) is 3.60. The minimum atomic E-state index is -0.194. The molecule has 0 aliphatic carbocycles. The molecule has 3 N–H and O–H groups in total. The van der Waals surface area contributed by atoms with E-state index in [1.165, 1.54) is 0 Å². The van der Waals surface area contributed by atoms with Crippen molar-refractivity contribution in [3.05, 3.63) is 53.0 Å². The number of rotatable bonds is 3. The van der Waals surface area contributed by atoms with Crippen LogP contribution in [0.5, 0.6) is 0 Å². The van der Waals surface area contributed by atoms with Crippen LogP contribution in [0.4, 0.5) is 5.69 Å². The Morgan fingerprint density at radius 1 is 1.26 bits per heavy atom. The second-order valence-electron chi connectivity index (χ2n) is 4.68. The highest BCUT2D eigenvalue weighted by molar-refractivity contribution is 6.00. The minimum absolute atomic E-state index is 0.183. The third-order valence-corrected chi connectivity index (χ3v) is 3.07. The number of carbonyl (C=O) groups excluding carboxylic acids is 1. The molecule has 0 aliphatic rings. The number of furan rings is 1. The van der Waals surface area contributed by atoms with Gasteiger partial charge in [-0.15, -0.1) is 0 Å². The van der Waals surface area contributed by atoms with Crippen molar-refractivity contribution in [1.29, 1.82) is 0 Å². The van der Waals surface area contributed by atoms with E-state index in [2.05, 4.69) is 5.32 Å². The summed E-state index contributed by atoms with van der Waals surface area (Å²) in [5, 5.41) is 2.89. The number of hydrogen-bond acceptors (Lipinski definition) is 3. The van der Waals surface area contributed by atoms with Crippen LogP contribution in [-0.4, -0.2) is 5.91 Å². The van der Waals surface area contributed by atoms with Crippen LogP contribution in [0.3, 0.4) is 0 Å². The normalized spacial score (nSPS) is 12.2. The summed E-state index contributed by atoms with van der Waals surface area (Å²) in [4.78, 5) is 12.2. The first-order valence-electron chi connectivity index (χ1n) is 6.21. The van der Waals surface area contributed by atoms with Crippen LogP contribution in [0.1, 0.15) is 40.4 Å². The second-order valence-corrected chi connectivity index (χ2v) is 4.68. The van der Waals surface area contributed by atoms with Crippen LogP contribution < -0.4 is 11.1 Å². The summed E-state index contributed by atoms with van der Waals surface area (Å²) < 4.78 is 5.50. The molecule has 0 radical (unpaired) electrons. The summed E-state index contributed by atoms with van der Waals surface area (Å²) in [5.41, 5.74) is 7.73. The van der Waals surface area contributed by atoms with Crippen LogP contribution in [0, 0.1) is 13.8 Å². The third kappa shape index (κ3) is 2.78. The lowest BCUT2D eigenvalue weighted by Crippen LogP contribution is -2.27. The quantitative estimate of drug-likeness (QED) is 0.832. The van der Waals surface area contributed by atoms with Gasteiger partial charge < -0.3 is 15.5 Å². The van der Waals surface area contributed by atoms with Crippen molar-refractivity contribution < 1.29 is 9.21 Å². The first-order chi connectivity index (χ1) is 8.99. The summed E-state index contributed by atoms with van der Waals surface area (Å²) in [6.45, 7) is 5.62. The van der Waals surface area contributed by atoms with E-state index in [1.54, 1.807) is 6.07 Å². The van der Waals surface area contributed by atoms with Gasteiger partial charge in [-0.3, -0.25) is 4.79 Å². The molecule has 1 atom stereocenters. The van der Waals surface area contributed by atoms with Gasteiger partial charge in [-0.05, 0) is 44.5 Å². The van der Waals surface area contributed by atoms with Crippen LogP contribution >= 0.6 is 0 Å². The van der Waals surface area contributed by atoms with Gasteiger partial charge in [0.2, 0.25) is 0 Å². The van der Waals surface area contributed by atoms with Gasteiger partial charge in [-0.2, -0.15) is 0 Å². The zero-order valence-electron chi connectivity index (χ0n) is 11.4. The maximum atomic E-state index is 12.2. The Balaban J connectivity index is 2.17. The molecule has 19 heavy (non-hydrogen) atoms. The lowest BCUT2D eigenvalue weighted by atomic mass is 10.1. The maximum Gasteiger partial charge on any atom is 0.254 e. The molecule has 100 valence electrons. The van der Waals surface area contributed by atoms with Crippen LogP contribution in [0.25, 0.3) is 0 Å². The van der Waals surface area contributed by atoms with E-state index in [9.17, 15) is 4.79 Å². The van der Waals surface area contributed by atoms with E-state index in [-0.39, 0.29) is 11.9 Å². The number of carbonyl (C=O) groups is 1. The van der Waals surface area contributed by atoms with Gasteiger partial charge in [0, 0.05) is 5.69 Å². The van der Waals surface area contributed by atoms with Gasteiger partial charge in [-0.1, -0.05) is 12.1 Å². The van der Waals surface area contributed by atoms with E-state index in [0.29, 0.717) is 11.3 Å². The van der Waals surface area contributed by atoms with Gasteiger partial charge in [0.15, 0.2) is 0 Å². The summed E-state index contributed by atoms with van der Waals surface area (Å²) in [6, 6.07) is 8.97. The molecule has 1 aromatic heterocycles. The highest BCUT2D eigenvalue weighted by Gasteiger charge is 2.17. The summed E-state index contributed by atoms with van der Waals surface area (Å²) >= 11 is 0. The molecule has 1 aromatic carbocycles. The molecule has 1 heterocycles. The molecular weight excluding hydrogens is 240 g/mol. The summed E-state index contributed by atoms with van der Waals surface area (Å²) in [5.74, 6) is 1.38. The maximum absolute atomic E-state index is 12.2. The molecular formula is C15H18N2O2. The number of aryl methyl sites for hydroxylation is 2. The van der Waals surface area contributed by atoms with Crippen molar-refractivity contribution in [2.24, 2.45) is 0 Å². The van der Waals surface area contributed by atoms with E-state index < -0.39 is 0 Å². The molecule has 0 bridgehead atoms. The van der Waals surface area contributed by atoms with Crippen LogP contribution in [0.2, 0.25) is 0 Å². The number of nitrogen functional groups attached to an aromatic ring is 1. The Hall–Kier alpha value is -2.23. The molecule has 0 spiro atoms. The molecule has 2 aromatic rings. The van der Waals surface area contributed by atoms with Gasteiger partial charge in [-0.25, -0.2) is 0 Å². The number of nitrogens with one attached hydrogen (secondary N) is 1. The standard InChI is InChI=1S/C15H18N2O2/c1-9-5-4-6-12(16)14(9)15(18)17-11(3)13-8-7-10(2)19-13/h4-8,11H,16H2,1-3H3,(H,17,18). The van der Waals surface area contributed by atoms with E-state index in [4.69, 9.17) is 10.2 Å². The molecule has 0 fully saturated rings. The van der Waals surface area contributed by atoms with Crippen molar-refractivity contribution >= 4 is 11.6 Å². The van der Waals surface area contributed by atoms with E-state index in [0.717, 1.165) is 17.1 Å². The van der Waals surface area contributed by atoms with E-state index in [1.807, 2.05) is 45.0 Å². The Morgan fingerprint density at radius 3 is 2.58 bits per heavy atom. The minimum Gasteiger partial charge on any atom is -0.464 e. The molecule has 4 heteroatoms. The lowest BCUT2D eigenvalue weighted by Gasteiger charge is -2.14. The highest BCUT2D eigenvalue weighted by Crippen LogP contribution is 2.19. The molecule has 0 aliphatic heterocycles. The topological polar surface area (TPSA) is 68.3 Å². The van der Waals surface area contributed by atoms with Crippen molar-refractivity contribution in [3.63, 3.8) is 0 Å². The third-order valence-electron chi connectivity index (χ3n) is 3.07. The Morgan fingerprint density at radius 2 is 2.00 bits per heavy atom. The van der Waals surface area contributed by atoms with Crippen LogP contribution in [-0.2, 0) is 0 Å². The highest BCUT2D eigenvalue weighted by atomic mass is 16.3. The first kappa shape index (κ1) is 13.2. The van der Waals surface area contributed by atoms with Crippen molar-refractivity contribution in [2.45, 2.75) is 26.8 Å². The van der Waals surface area contributed by atoms with E-state index >= 15 is 0 Å². The fourth-order valence-electron chi connectivity index (χ4n) is 2.03. The average molecular weight is 258 g/mol. The largest absolute Gasteiger partial charge is 0.464 e. The number of nitrogens with two attached hydrogens (primary N) is 1. The van der Waals surface area contributed by atoms with Gasteiger partial charge in [0.25, 0.3) is 5.91 Å². The van der Waals surface area contributed by atoms with Crippen molar-refractivity contribution in [1.82, 2.24) is 5.32 Å². The SMILES string of the molecule is Cc1ccc(C(C)NC(=O)c2c(C)cccc2N)o1. The molecule has 1 unspecified atom stereocenters. The van der Waals surface area contributed by atoms with Crippen LogP contribution in [0.15, 0.2) is 34.7 Å². The predicted octanol–water partition coefficient (Wildman–Crippen LogP) is 2.97. The molecule has 0 saturated carbocycles. The zero-order chi connectivity index (χ0) is 14.0. The number of hydrogen-bond donors (Lipinski definition) is 2. The fourth-order valence-corrected chi connectivity index (χ4v) is 2.03. The zero-order valence-corrected chi connectivity index (χ0v) is 11.4. The van der Waals surface area contributed by atoms with Gasteiger partial charge in [0.05, 0.1) is 11.6 Å². The number of amides is 1. The average Bonchev–Trinajstić information content (AvgIpc) is 2.75. The van der Waals surface area contributed by atoms with Gasteiger partial charge in [0.1, 0.15) is 11.5 Å².